The average molecular weight is 203 g/mol. The summed E-state index contributed by atoms with van der Waals surface area (Å²) in [5.74, 6) is 0. The summed E-state index contributed by atoms with van der Waals surface area (Å²) in [6, 6.07) is 7.11. The third-order valence-electron chi connectivity index (χ3n) is 3.37. The lowest BCUT2D eigenvalue weighted by atomic mass is 9.89. The molecule has 3 rings (SSSR count). The van der Waals surface area contributed by atoms with Crippen LogP contribution in [0.1, 0.15) is 42.9 Å². The summed E-state index contributed by atoms with van der Waals surface area (Å²) in [7, 11) is 0. The second-order valence-electron chi connectivity index (χ2n) is 4.74. The van der Waals surface area contributed by atoms with Gasteiger partial charge in [0.15, 0.2) is 0 Å². The summed E-state index contributed by atoms with van der Waals surface area (Å²) in [6.45, 7) is 0. The normalized spacial score (nSPS) is 24.7. The maximum absolute atomic E-state index is 9.83. The zero-order chi connectivity index (χ0) is 10.3. The number of aliphatic hydroxyl groups is 1. The molecule has 0 aromatic heterocycles. The van der Waals surface area contributed by atoms with E-state index in [0.29, 0.717) is 6.04 Å². The van der Waals surface area contributed by atoms with Crippen molar-refractivity contribution in [3.8, 4) is 0 Å². The summed E-state index contributed by atoms with van der Waals surface area (Å²) < 4.78 is 0. The largest absolute Gasteiger partial charge is 0.388 e. The third kappa shape index (κ3) is 1.86. The van der Waals surface area contributed by atoms with Crippen LogP contribution in [-0.4, -0.2) is 11.1 Å². The molecule has 1 saturated carbocycles. The van der Waals surface area contributed by atoms with Gasteiger partial charge in [0.05, 0.1) is 6.10 Å². The van der Waals surface area contributed by atoms with Crippen molar-refractivity contribution in [1.29, 1.82) is 0 Å². The van der Waals surface area contributed by atoms with E-state index >= 15 is 0 Å². The Bertz CT molecular complexity index is 371. The van der Waals surface area contributed by atoms with Gasteiger partial charge in [-0.1, -0.05) is 6.07 Å². The van der Waals surface area contributed by atoms with E-state index in [9.17, 15) is 5.11 Å². The summed E-state index contributed by atoms with van der Waals surface area (Å²) >= 11 is 0. The molecule has 2 aliphatic rings. The highest BCUT2D eigenvalue weighted by atomic mass is 16.3. The number of anilines is 1. The van der Waals surface area contributed by atoms with E-state index in [4.69, 9.17) is 0 Å². The fraction of sp³-hybridized carbons (Fsp3) is 0.538. The van der Waals surface area contributed by atoms with E-state index in [1.54, 1.807) is 0 Å². The summed E-state index contributed by atoms with van der Waals surface area (Å²) in [5.41, 5.74) is 3.70. The van der Waals surface area contributed by atoms with Crippen LogP contribution >= 0.6 is 0 Å². The van der Waals surface area contributed by atoms with Crippen LogP contribution in [0.4, 0.5) is 5.69 Å². The number of aliphatic hydroxyl groups excluding tert-OH is 1. The topological polar surface area (TPSA) is 32.3 Å². The van der Waals surface area contributed by atoms with Crippen LogP contribution in [0.15, 0.2) is 18.2 Å². The van der Waals surface area contributed by atoms with Crippen molar-refractivity contribution in [3.63, 3.8) is 0 Å². The molecule has 0 saturated heterocycles. The van der Waals surface area contributed by atoms with E-state index in [1.165, 1.54) is 24.1 Å². The summed E-state index contributed by atoms with van der Waals surface area (Å²) in [4.78, 5) is 0. The molecule has 0 bridgehead atoms. The molecular formula is C13H17NO. The van der Waals surface area contributed by atoms with Crippen molar-refractivity contribution in [2.24, 2.45) is 0 Å². The van der Waals surface area contributed by atoms with Crippen molar-refractivity contribution in [2.75, 3.05) is 5.32 Å². The Balaban J connectivity index is 1.87. The fourth-order valence-corrected chi connectivity index (χ4v) is 2.34. The van der Waals surface area contributed by atoms with Gasteiger partial charge in [0.2, 0.25) is 0 Å². The van der Waals surface area contributed by atoms with Crippen LogP contribution in [0, 0.1) is 0 Å². The van der Waals surface area contributed by atoms with Gasteiger partial charge in [-0.2, -0.15) is 0 Å². The Morgan fingerprint density at radius 3 is 2.87 bits per heavy atom. The van der Waals surface area contributed by atoms with Crippen LogP contribution < -0.4 is 5.32 Å². The van der Waals surface area contributed by atoms with Crippen molar-refractivity contribution in [1.82, 2.24) is 0 Å². The average Bonchev–Trinajstić information content (AvgIpc) is 3.02. The first-order valence-electron chi connectivity index (χ1n) is 5.90. The van der Waals surface area contributed by atoms with E-state index in [2.05, 4.69) is 23.5 Å². The Hall–Kier alpha value is -1.02. The molecule has 0 spiro atoms. The van der Waals surface area contributed by atoms with E-state index in [1.807, 2.05) is 0 Å². The van der Waals surface area contributed by atoms with Gasteiger partial charge >= 0.3 is 0 Å². The predicted octanol–water partition coefficient (Wildman–Crippen LogP) is 2.63. The van der Waals surface area contributed by atoms with Gasteiger partial charge in [-0.25, -0.2) is 0 Å². The van der Waals surface area contributed by atoms with Gasteiger partial charge in [0, 0.05) is 11.7 Å². The molecular weight excluding hydrogens is 186 g/mol. The number of rotatable bonds is 2. The molecule has 15 heavy (non-hydrogen) atoms. The molecule has 1 fully saturated rings. The predicted molar refractivity (Wildman–Crippen MR) is 61.0 cm³/mol. The zero-order valence-corrected chi connectivity index (χ0v) is 8.87. The molecule has 2 nitrogen and oxygen atoms in total. The maximum Gasteiger partial charge on any atom is 0.0792 e. The van der Waals surface area contributed by atoms with Crippen LogP contribution in [-0.2, 0) is 6.42 Å². The highest BCUT2D eigenvalue weighted by Crippen LogP contribution is 2.32. The van der Waals surface area contributed by atoms with Crippen molar-refractivity contribution in [2.45, 2.75) is 44.2 Å². The summed E-state index contributed by atoms with van der Waals surface area (Å²) in [6.07, 6.45) is 5.53. The number of nitrogens with one attached hydrogen (secondary N) is 1. The monoisotopic (exact) mass is 203 g/mol. The van der Waals surface area contributed by atoms with Gasteiger partial charge in [0.1, 0.15) is 0 Å². The van der Waals surface area contributed by atoms with Crippen molar-refractivity contribution < 1.29 is 5.11 Å². The fourth-order valence-electron chi connectivity index (χ4n) is 2.34. The highest BCUT2D eigenvalue weighted by Gasteiger charge is 2.22. The number of fused-ring (bicyclic) bond motifs is 1. The first-order valence-corrected chi connectivity index (χ1v) is 5.90. The number of benzene rings is 1. The zero-order valence-electron chi connectivity index (χ0n) is 8.87. The molecule has 1 aromatic carbocycles. The molecule has 0 amide bonds. The first kappa shape index (κ1) is 9.22. The number of aryl methyl sites for hydroxylation is 1. The molecule has 0 heterocycles. The molecule has 1 atom stereocenters. The quantitative estimate of drug-likeness (QED) is 0.774. The number of hydrogen-bond acceptors (Lipinski definition) is 2. The molecule has 2 aliphatic carbocycles. The lowest BCUT2D eigenvalue weighted by molar-refractivity contribution is 0.156. The van der Waals surface area contributed by atoms with Gasteiger partial charge in [0.25, 0.3) is 0 Å². The molecule has 1 aromatic rings. The Morgan fingerprint density at radius 2 is 2.07 bits per heavy atom. The van der Waals surface area contributed by atoms with Gasteiger partial charge in [-0.15, -0.1) is 0 Å². The molecule has 80 valence electrons. The molecule has 0 aliphatic heterocycles. The smallest absolute Gasteiger partial charge is 0.0792 e. The minimum absolute atomic E-state index is 0.233. The maximum atomic E-state index is 9.83. The van der Waals surface area contributed by atoms with Crippen LogP contribution in [0.3, 0.4) is 0 Å². The lowest BCUT2D eigenvalue weighted by Gasteiger charge is -2.22. The first-order chi connectivity index (χ1) is 7.33. The molecule has 1 unspecified atom stereocenters. The Labute approximate surface area is 90.3 Å². The van der Waals surface area contributed by atoms with Gasteiger partial charge in [-0.3, -0.25) is 0 Å². The van der Waals surface area contributed by atoms with E-state index < -0.39 is 0 Å². The minimum Gasteiger partial charge on any atom is -0.388 e. The van der Waals surface area contributed by atoms with E-state index in [0.717, 1.165) is 24.8 Å². The van der Waals surface area contributed by atoms with Crippen LogP contribution in [0.25, 0.3) is 0 Å². The minimum atomic E-state index is -0.233. The number of hydrogen-bond donors (Lipinski definition) is 2. The van der Waals surface area contributed by atoms with Crippen molar-refractivity contribution in [3.05, 3.63) is 29.3 Å². The second kappa shape index (κ2) is 3.53. The third-order valence-corrected chi connectivity index (χ3v) is 3.37. The van der Waals surface area contributed by atoms with Gasteiger partial charge in [-0.05, 0) is 55.4 Å². The van der Waals surface area contributed by atoms with Crippen LogP contribution in [0.5, 0.6) is 0 Å². The van der Waals surface area contributed by atoms with Gasteiger partial charge < -0.3 is 10.4 Å². The summed E-state index contributed by atoms with van der Waals surface area (Å²) in [5, 5.41) is 13.3. The van der Waals surface area contributed by atoms with Crippen LogP contribution in [0.2, 0.25) is 0 Å². The lowest BCUT2D eigenvalue weighted by Crippen LogP contribution is -2.10. The Kier molecular flexibility index (Phi) is 2.17. The van der Waals surface area contributed by atoms with Crippen molar-refractivity contribution >= 4 is 5.69 Å². The van der Waals surface area contributed by atoms with E-state index in [-0.39, 0.29) is 6.10 Å². The molecule has 2 heteroatoms. The SMILES string of the molecule is OC1CCCc2cc(NC3CC3)ccc21. The highest BCUT2D eigenvalue weighted by molar-refractivity contribution is 5.51. The molecule has 2 N–H and O–H groups in total. The molecule has 0 radical (unpaired) electrons. The second-order valence-corrected chi connectivity index (χ2v) is 4.74. The standard InChI is InChI=1S/C13H17NO/c15-13-3-1-2-9-8-11(6-7-12(9)13)14-10-4-5-10/h6-8,10,13-15H,1-5H2. The Morgan fingerprint density at radius 1 is 1.20 bits per heavy atom.